The van der Waals surface area contributed by atoms with Gasteiger partial charge >= 0.3 is 0 Å². The van der Waals surface area contributed by atoms with Gasteiger partial charge in [-0.1, -0.05) is 35.9 Å². The lowest BCUT2D eigenvalue weighted by Crippen LogP contribution is -2.49. The smallest absolute Gasteiger partial charge is 0.247 e. The monoisotopic (exact) mass is 390 g/mol. The molecular weight excluding hydrogens is 364 g/mol. The number of carbonyl (C=O) groups excluding carboxylic acids is 1. The predicted molar refractivity (Wildman–Crippen MR) is 113 cm³/mol. The van der Waals surface area contributed by atoms with E-state index in [2.05, 4.69) is 46.3 Å². The van der Waals surface area contributed by atoms with Gasteiger partial charge in [-0.3, -0.25) is 4.79 Å². The Kier molecular flexibility index (Phi) is 5.60. The molecule has 29 heavy (non-hydrogen) atoms. The lowest BCUT2D eigenvalue weighted by Gasteiger charge is -2.36. The minimum Gasteiger partial charge on any atom is -0.421 e. The molecule has 6 nitrogen and oxygen atoms in total. The number of amides is 1. The summed E-state index contributed by atoms with van der Waals surface area (Å²) in [5.41, 5.74) is 4.61. The SMILES string of the molecule is Cc1ccc(-c2nnc(CCC(=O)N3CCN(c4ccccc4C)CC3)o2)cc1. The molecule has 150 valence electrons. The molecule has 0 unspecified atom stereocenters. The molecule has 1 fully saturated rings. The van der Waals surface area contributed by atoms with Gasteiger partial charge in [0.15, 0.2) is 0 Å². The van der Waals surface area contributed by atoms with Gasteiger partial charge in [-0.15, -0.1) is 10.2 Å². The topological polar surface area (TPSA) is 62.5 Å². The molecule has 2 heterocycles. The summed E-state index contributed by atoms with van der Waals surface area (Å²) in [6.07, 6.45) is 0.857. The van der Waals surface area contributed by atoms with Crippen molar-refractivity contribution in [3.8, 4) is 11.5 Å². The van der Waals surface area contributed by atoms with Gasteiger partial charge in [0.1, 0.15) is 0 Å². The van der Waals surface area contributed by atoms with Gasteiger partial charge in [0.2, 0.25) is 17.7 Å². The van der Waals surface area contributed by atoms with Crippen LogP contribution in [0.4, 0.5) is 5.69 Å². The third-order valence-corrected chi connectivity index (χ3v) is 5.41. The molecule has 2 aromatic carbocycles. The van der Waals surface area contributed by atoms with Crippen molar-refractivity contribution in [3.05, 3.63) is 65.5 Å². The maximum atomic E-state index is 12.6. The number of carbonyl (C=O) groups is 1. The molecule has 1 saturated heterocycles. The second-order valence-corrected chi connectivity index (χ2v) is 7.52. The van der Waals surface area contributed by atoms with Crippen LogP contribution in [0.1, 0.15) is 23.4 Å². The van der Waals surface area contributed by atoms with E-state index >= 15 is 0 Å². The van der Waals surface area contributed by atoms with Gasteiger partial charge in [-0.2, -0.15) is 0 Å². The molecule has 0 bridgehead atoms. The van der Waals surface area contributed by atoms with Crippen LogP contribution in [0.3, 0.4) is 0 Å². The Morgan fingerprint density at radius 2 is 1.69 bits per heavy atom. The Bertz CT molecular complexity index is 973. The van der Waals surface area contributed by atoms with Crippen molar-refractivity contribution in [1.29, 1.82) is 0 Å². The van der Waals surface area contributed by atoms with E-state index < -0.39 is 0 Å². The number of aryl methyl sites for hydroxylation is 3. The molecule has 1 aliphatic rings. The van der Waals surface area contributed by atoms with Gasteiger partial charge in [-0.25, -0.2) is 0 Å². The van der Waals surface area contributed by atoms with E-state index in [4.69, 9.17) is 4.42 Å². The van der Waals surface area contributed by atoms with Gasteiger partial charge in [0, 0.05) is 50.3 Å². The molecule has 1 aromatic heterocycles. The van der Waals surface area contributed by atoms with Crippen LogP contribution in [0, 0.1) is 13.8 Å². The number of para-hydroxylation sites is 1. The largest absolute Gasteiger partial charge is 0.421 e. The predicted octanol–water partition coefficient (Wildman–Crippen LogP) is 3.63. The third kappa shape index (κ3) is 4.47. The van der Waals surface area contributed by atoms with Crippen molar-refractivity contribution in [2.45, 2.75) is 26.7 Å². The summed E-state index contributed by atoms with van der Waals surface area (Å²) in [4.78, 5) is 16.9. The summed E-state index contributed by atoms with van der Waals surface area (Å²) in [5.74, 6) is 1.15. The zero-order chi connectivity index (χ0) is 20.2. The second kappa shape index (κ2) is 8.47. The van der Waals surface area contributed by atoms with Crippen LogP contribution in [0.2, 0.25) is 0 Å². The van der Waals surface area contributed by atoms with Crippen molar-refractivity contribution in [2.75, 3.05) is 31.1 Å². The molecule has 0 atom stereocenters. The second-order valence-electron chi connectivity index (χ2n) is 7.52. The van der Waals surface area contributed by atoms with Crippen LogP contribution in [-0.2, 0) is 11.2 Å². The summed E-state index contributed by atoms with van der Waals surface area (Å²) < 4.78 is 5.73. The molecule has 6 heteroatoms. The average molecular weight is 390 g/mol. The van der Waals surface area contributed by atoms with Crippen molar-refractivity contribution >= 4 is 11.6 Å². The molecule has 4 rings (SSSR count). The fraction of sp³-hybridized carbons (Fsp3) is 0.348. The van der Waals surface area contributed by atoms with Crippen LogP contribution in [0.5, 0.6) is 0 Å². The van der Waals surface area contributed by atoms with Crippen LogP contribution in [0.15, 0.2) is 52.9 Å². The summed E-state index contributed by atoms with van der Waals surface area (Å²) in [5, 5.41) is 8.21. The van der Waals surface area contributed by atoms with E-state index in [-0.39, 0.29) is 5.91 Å². The highest BCUT2D eigenvalue weighted by Crippen LogP contribution is 2.22. The van der Waals surface area contributed by atoms with E-state index in [1.807, 2.05) is 36.1 Å². The number of hydrogen-bond acceptors (Lipinski definition) is 5. The number of benzene rings is 2. The highest BCUT2D eigenvalue weighted by atomic mass is 16.4. The first-order valence-corrected chi connectivity index (χ1v) is 10.1. The standard InChI is InChI=1S/C23H26N4O2/c1-17-7-9-19(10-8-17)23-25-24-21(29-23)11-12-22(28)27-15-13-26(14-16-27)20-6-4-3-5-18(20)2/h3-10H,11-16H2,1-2H3. The molecule has 0 saturated carbocycles. The van der Waals surface area contributed by atoms with E-state index in [1.165, 1.54) is 16.8 Å². The molecule has 0 spiro atoms. The zero-order valence-electron chi connectivity index (χ0n) is 17.0. The van der Waals surface area contributed by atoms with Gasteiger partial charge in [0.05, 0.1) is 0 Å². The number of aromatic nitrogens is 2. The first-order valence-electron chi connectivity index (χ1n) is 10.1. The van der Waals surface area contributed by atoms with Crippen LogP contribution < -0.4 is 4.90 Å². The van der Waals surface area contributed by atoms with Gasteiger partial charge in [0.25, 0.3) is 0 Å². The average Bonchev–Trinajstić information content (AvgIpc) is 3.22. The first kappa shape index (κ1) is 19.2. The van der Waals surface area contributed by atoms with Gasteiger partial charge < -0.3 is 14.2 Å². The van der Waals surface area contributed by atoms with Crippen molar-refractivity contribution in [3.63, 3.8) is 0 Å². The summed E-state index contributed by atoms with van der Waals surface area (Å²) in [6, 6.07) is 16.3. The molecule has 0 aliphatic carbocycles. The Hall–Kier alpha value is -3.15. The number of hydrogen-bond donors (Lipinski definition) is 0. The molecule has 1 amide bonds. The highest BCUT2D eigenvalue weighted by molar-refractivity contribution is 5.76. The van der Waals surface area contributed by atoms with Crippen LogP contribution in [-0.4, -0.2) is 47.2 Å². The Labute approximate surface area is 171 Å². The molecular formula is C23H26N4O2. The Morgan fingerprint density at radius 3 is 2.41 bits per heavy atom. The minimum absolute atomic E-state index is 0.143. The molecule has 1 aliphatic heterocycles. The Balaban J connectivity index is 1.29. The normalized spacial score (nSPS) is 14.3. The van der Waals surface area contributed by atoms with E-state index in [0.29, 0.717) is 24.6 Å². The molecule has 0 radical (unpaired) electrons. The maximum absolute atomic E-state index is 12.6. The highest BCUT2D eigenvalue weighted by Gasteiger charge is 2.22. The first-order chi connectivity index (χ1) is 14.1. The number of anilines is 1. The van der Waals surface area contributed by atoms with Gasteiger partial charge in [-0.05, 0) is 37.6 Å². The molecule has 0 N–H and O–H groups in total. The molecule has 3 aromatic rings. The number of piperazine rings is 1. The van der Waals surface area contributed by atoms with Crippen molar-refractivity contribution in [1.82, 2.24) is 15.1 Å². The summed E-state index contributed by atoms with van der Waals surface area (Å²) >= 11 is 0. The minimum atomic E-state index is 0.143. The third-order valence-electron chi connectivity index (χ3n) is 5.41. The lowest BCUT2D eigenvalue weighted by molar-refractivity contribution is -0.131. The van der Waals surface area contributed by atoms with Crippen LogP contribution >= 0.6 is 0 Å². The van der Waals surface area contributed by atoms with Crippen molar-refractivity contribution < 1.29 is 9.21 Å². The zero-order valence-corrected chi connectivity index (χ0v) is 17.0. The van der Waals surface area contributed by atoms with E-state index in [1.54, 1.807) is 0 Å². The fourth-order valence-corrected chi connectivity index (χ4v) is 3.65. The quantitative estimate of drug-likeness (QED) is 0.666. The fourth-order valence-electron chi connectivity index (χ4n) is 3.65. The van der Waals surface area contributed by atoms with E-state index in [9.17, 15) is 4.79 Å². The maximum Gasteiger partial charge on any atom is 0.247 e. The number of rotatable bonds is 5. The summed E-state index contributed by atoms with van der Waals surface area (Å²) in [7, 11) is 0. The Morgan fingerprint density at radius 1 is 0.966 bits per heavy atom. The number of nitrogens with zero attached hydrogens (tertiary/aromatic N) is 4. The van der Waals surface area contributed by atoms with Crippen molar-refractivity contribution in [2.24, 2.45) is 0 Å². The van der Waals surface area contributed by atoms with Crippen LogP contribution in [0.25, 0.3) is 11.5 Å². The lowest BCUT2D eigenvalue weighted by atomic mass is 10.1. The van der Waals surface area contributed by atoms with E-state index in [0.717, 1.165) is 31.7 Å². The summed E-state index contributed by atoms with van der Waals surface area (Å²) in [6.45, 7) is 7.36.